The molecule has 1 saturated heterocycles. The van der Waals surface area contributed by atoms with Crippen LogP contribution >= 0.6 is 11.8 Å². The fraction of sp³-hybridized carbons (Fsp3) is 0.500. The summed E-state index contributed by atoms with van der Waals surface area (Å²) < 4.78 is 5.32. The van der Waals surface area contributed by atoms with Crippen LogP contribution in [-0.2, 0) is 10.5 Å². The van der Waals surface area contributed by atoms with E-state index >= 15 is 0 Å². The lowest BCUT2D eigenvalue weighted by molar-refractivity contribution is 0.0303. The Morgan fingerprint density at radius 3 is 2.52 bits per heavy atom. The highest BCUT2D eigenvalue weighted by Gasteiger charge is 2.18. The molecular formula is C22H30N4O2S. The van der Waals surface area contributed by atoms with Crippen molar-refractivity contribution in [2.45, 2.75) is 38.1 Å². The maximum Gasteiger partial charge on any atom is 0.254 e. The fourth-order valence-electron chi connectivity index (χ4n) is 3.31. The van der Waals surface area contributed by atoms with Crippen molar-refractivity contribution in [3.8, 4) is 0 Å². The molecule has 1 fully saturated rings. The summed E-state index contributed by atoms with van der Waals surface area (Å²) in [4.78, 5) is 26.0. The Morgan fingerprint density at radius 2 is 1.86 bits per heavy atom. The molecule has 0 bridgehead atoms. The van der Waals surface area contributed by atoms with E-state index < -0.39 is 0 Å². The number of amides is 1. The van der Waals surface area contributed by atoms with Gasteiger partial charge in [0.05, 0.1) is 13.2 Å². The smallest absolute Gasteiger partial charge is 0.254 e. The molecule has 29 heavy (non-hydrogen) atoms. The Labute approximate surface area is 177 Å². The van der Waals surface area contributed by atoms with Crippen LogP contribution in [0.5, 0.6) is 0 Å². The number of carbonyl (C=O) groups excluding carboxylic acids is 1. The molecule has 0 aliphatic carbocycles. The Hall–Kier alpha value is -2.12. The van der Waals surface area contributed by atoms with Gasteiger partial charge in [0.15, 0.2) is 5.16 Å². The van der Waals surface area contributed by atoms with Crippen LogP contribution in [0.1, 0.15) is 40.5 Å². The SMILES string of the molecule is CCCN(C)c1nc(SCc2ccc(C(=O)N3CCOCC3)cc2)nc(C)c1C. The predicted molar refractivity (Wildman–Crippen MR) is 118 cm³/mol. The Morgan fingerprint density at radius 1 is 1.17 bits per heavy atom. The van der Waals surface area contributed by atoms with Crippen LogP contribution in [0.4, 0.5) is 5.82 Å². The van der Waals surface area contributed by atoms with Gasteiger partial charge in [-0.05, 0) is 38.0 Å². The maximum atomic E-state index is 12.6. The fourth-order valence-corrected chi connectivity index (χ4v) is 4.15. The third-order valence-electron chi connectivity index (χ3n) is 5.13. The summed E-state index contributed by atoms with van der Waals surface area (Å²) in [6.45, 7) is 9.82. The quantitative estimate of drug-likeness (QED) is 0.509. The highest BCUT2D eigenvalue weighted by molar-refractivity contribution is 7.98. The molecule has 1 aliphatic heterocycles. The van der Waals surface area contributed by atoms with Crippen LogP contribution in [0, 0.1) is 13.8 Å². The lowest BCUT2D eigenvalue weighted by Crippen LogP contribution is -2.40. The van der Waals surface area contributed by atoms with Crippen molar-refractivity contribution in [1.29, 1.82) is 0 Å². The third kappa shape index (κ3) is 5.48. The van der Waals surface area contributed by atoms with E-state index in [1.165, 1.54) is 0 Å². The van der Waals surface area contributed by atoms with Gasteiger partial charge < -0.3 is 14.5 Å². The van der Waals surface area contributed by atoms with E-state index in [0.717, 1.165) is 52.1 Å². The zero-order chi connectivity index (χ0) is 20.8. The second-order valence-electron chi connectivity index (χ2n) is 7.35. The van der Waals surface area contributed by atoms with Crippen molar-refractivity contribution in [2.75, 3.05) is 44.8 Å². The van der Waals surface area contributed by atoms with E-state index in [2.05, 4.69) is 30.8 Å². The molecule has 0 atom stereocenters. The van der Waals surface area contributed by atoms with Gasteiger partial charge in [-0.25, -0.2) is 9.97 Å². The average Bonchev–Trinajstić information content (AvgIpc) is 2.75. The highest BCUT2D eigenvalue weighted by Crippen LogP contribution is 2.26. The molecule has 6 nitrogen and oxygen atoms in total. The minimum Gasteiger partial charge on any atom is -0.378 e. The standard InChI is InChI=1S/C22H30N4O2S/c1-5-10-25(4)20-16(2)17(3)23-22(24-20)29-15-18-6-8-19(9-7-18)21(27)26-11-13-28-14-12-26/h6-9H,5,10-15H2,1-4H3. The van der Waals surface area contributed by atoms with Crippen molar-refractivity contribution in [3.05, 3.63) is 46.6 Å². The van der Waals surface area contributed by atoms with E-state index in [1.807, 2.05) is 36.1 Å². The number of anilines is 1. The number of morpholine rings is 1. The number of thioether (sulfide) groups is 1. The molecule has 2 heterocycles. The van der Waals surface area contributed by atoms with E-state index in [-0.39, 0.29) is 5.91 Å². The summed E-state index contributed by atoms with van der Waals surface area (Å²) in [6, 6.07) is 7.86. The third-order valence-corrected chi connectivity index (χ3v) is 6.05. The molecule has 0 spiro atoms. The Kier molecular flexibility index (Phi) is 7.50. The van der Waals surface area contributed by atoms with Crippen LogP contribution < -0.4 is 4.90 Å². The first kappa shape index (κ1) is 21.6. The van der Waals surface area contributed by atoms with Crippen molar-refractivity contribution >= 4 is 23.5 Å². The Bertz CT molecular complexity index is 835. The minimum atomic E-state index is 0.0774. The second-order valence-corrected chi connectivity index (χ2v) is 8.29. The van der Waals surface area contributed by atoms with Crippen LogP contribution in [-0.4, -0.2) is 60.7 Å². The number of rotatable bonds is 7. The number of aryl methyl sites for hydroxylation is 1. The first-order valence-corrected chi connectivity index (χ1v) is 11.1. The van der Waals surface area contributed by atoms with Gasteiger partial charge in [0.1, 0.15) is 5.82 Å². The van der Waals surface area contributed by atoms with Crippen LogP contribution in [0.25, 0.3) is 0 Å². The lowest BCUT2D eigenvalue weighted by atomic mass is 10.1. The molecule has 1 aromatic heterocycles. The number of nitrogens with zero attached hydrogens (tertiary/aromatic N) is 4. The van der Waals surface area contributed by atoms with Gasteiger partial charge in [0.25, 0.3) is 5.91 Å². The molecule has 0 unspecified atom stereocenters. The van der Waals surface area contributed by atoms with Gasteiger partial charge in [-0.15, -0.1) is 0 Å². The van der Waals surface area contributed by atoms with Crippen molar-refractivity contribution in [3.63, 3.8) is 0 Å². The van der Waals surface area contributed by atoms with Gasteiger partial charge in [0, 0.05) is 49.3 Å². The molecule has 156 valence electrons. The second kappa shape index (κ2) is 10.1. The molecule has 0 saturated carbocycles. The van der Waals surface area contributed by atoms with Crippen LogP contribution in [0.15, 0.2) is 29.4 Å². The van der Waals surface area contributed by atoms with Gasteiger partial charge in [-0.1, -0.05) is 30.8 Å². The minimum absolute atomic E-state index is 0.0774. The van der Waals surface area contributed by atoms with Gasteiger partial charge >= 0.3 is 0 Å². The molecule has 2 aromatic rings. The number of aromatic nitrogens is 2. The van der Waals surface area contributed by atoms with Crippen LogP contribution in [0.3, 0.4) is 0 Å². The highest BCUT2D eigenvalue weighted by atomic mass is 32.2. The molecule has 1 amide bonds. The number of hydrogen-bond donors (Lipinski definition) is 0. The molecule has 3 rings (SSSR count). The average molecular weight is 415 g/mol. The predicted octanol–water partition coefficient (Wildman–Crippen LogP) is 3.70. The molecule has 0 radical (unpaired) electrons. The normalized spacial score (nSPS) is 14.1. The topological polar surface area (TPSA) is 58.6 Å². The number of ether oxygens (including phenoxy) is 1. The lowest BCUT2D eigenvalue weighted by Gasteiger charge is -2.26. The van der Waals surface area contributed by atoms with Crippen molar-refractivity contribution < 1.29 is 9.53 Å². The molecule has 1 aliphatic rings. The summed E-state index contributed by atoms with van der Waals surface area (Å²) in [5.74, 6) is 1.85. The van der Waals surface area contributed by atoms with Crippen LogP contribution in [0.2, 0.25) is 0 Å². The molecule has 1 aromatic carbocycles. The summed E-state index contributed by atoms with van der Waals surface area (Å²) in [6.07, 6.45) is 1.08. The largest absolute Gasteiger partial charge is 0.378 e. The summed E-state index contributed by atoms with van der Waals surface area (Å²) >= 11 is 1.63. The van der Waals surface area contributed by atoms with Gasteiger partial charge in [-0.2, -0.15) is 0 Å². The van der Waals surface area contributed by atoms with Crippen molar-refractivity contribution in [2.24, 2.45) is 0 Å². The number of hydrogen-bond acceptors (Lipinski definition) is 6. The first-order valence-electron chi connectivity index (χ1n) is 10.1. The van der Waals surface area contributed by atoms with Crippen molar-refractivity contribution in [1.82, 2.24) is 14.9 Å². The van der Waals surface area contributed by atoms with E-state index in [1.54, 1.807) is 11.8 Å². The van der Waals surface area contributed by atoms with Gasteiger partial charge in [-0.3, -0.25) is 4.79 Å². The number of carbonyl (C=O) groups is 1. The molecular weight excluding hydrogens is 384 g/mol. The molecule has 0 N–H and O–H groups in total. The summed E-state index contributed by atoms with van der Waals surface area (Å²) in [7, 11) is 2.08. The monoisotopic (exact) mass is 414 g/mol. The van der Waals surface area contributed by atoms with E-state index in [9.17, 15) is 4.79 Å². The number of benzene rings is 1. The summed E-state index contributed by atoms with van der Waals surface area (Å²) in [5, 5.41) is 0.791. The first-order chi connectivity index (χ1) is 14.0. The molecule has 7 heteroatoms. The maximum absolute atomic E-state index is 12.6. The van der Waals surface area contributed by atoms with E-state index in [4.69, 9.17) is 9.72 Å². The zero-order valence-corrected chi connectivity index (χ0v) is 18.6. The zero-order valence-electron chi connectivity index (χ0n) is 17.8. The van der Waals surface area contributed by atoms with Gasteiger partial charge in [0.2, 0.25) is 0 Å². The van der Waals surface area contributed by atoms with E-state index in [0.29, 0.717) is 26.3 Å². The Balaban J connectivity index is 1.64. The summed E-state index contributed by atoms with van der Waals surface area (Å²) in [5.41, 5.74) is 4.04.